The Morgan fingerprint density at radius 3 is 2.51 bits per heavy atom. The lowest BCUT2D eigenvalue weighted by molar-refractivity contribution is 0.199. The van der Waals surface area contributed by atoms with Crippen molar-refractivity contribution in [1.82, 2.24) is 14.7 Å². The molecule has 2 aromatic carbocycles. The molecule has 3 N–H and O–H groups in total. The van der Waals surface area contributed by atoms with Crippen molar-refractivity contribution in [3.63, 3.8) is 0 Å². The minimum atomic E-state index is -3.10. The van der Waals surface area contributed by atoms with E-state index in [4.69, 9.17) is 9.47 Å². The summed E-state index contributed by atoms with van der Waals surface area (Å²) in [6.07, 6.45) is 3.13. The highest BCUT2D eigenvalue weighted by Crippen LogP contribution is 2.33. The molecule has 1 fully saturated rings. The molecule has 1 aliphatic rings. The number of pyridine rings is 2. The average molecular weight is 580 g/mol. The molecule has 0 bridgehead atoms. The van der Waals surface area contributed by atoms with Gasteiger partial charge in [-0.05, 0) is 80.6 Å². The van der Waals surface area contributed by atoms with Gasteiger partial charge in [0.2, 0.25) is 11.8 Å². The Morgan fingerprint density at radius 1 is 1.12 bits per heavy atom. The molecule has 2 heterocycles. The monoisotopic (exact) mass is 579 g/mol. The Hall–Kier alpha value is -3.80. The predicted octanol–water partition coefficient (Wildman–Crippen LogP) is 5.78. The molecular formula is C30H34FN5O4S. The van der Waals surface area contributed by atoms with Gasteiger partial charge in [-0.15, -0.1) is 0 Å². The van der Waals surface area contributed by atoms with Crippen molar-refractivity contribution in [2.45, 2.75) is 43.7 Å². The topological polar surface area (TPSA) is 118 Å². The number of aromatic nitrogens is 2. The molecule has 41 heavy (non-hydrogen) atoms. The minimum absolute atomic E-state index is 0.103. The smallest absolute Gasteiger partial charge is 0.243 e. The summed E-state index contributed by atoms with van der Waals surface area (Å²) in [6.45, 7) is 4.08. The quantitative estimate of drug-likeness (QED) is 0.182. The third-order valence-electron chi connectivity index (χ3n) is 6.75. The highest BCUT2D eigenvalue weighted by molar-refractivity contribution is 7.91. The summed E-state index contributed by atoms with van der Waals surface area (Å²) in [6, 6.07) is 17.1. The van der Waals surface area contributed by atoms with E-state index in [-0.39, 0.29) is 12.4 Å². The number of aliphatic hydroxyl groups is 1. The van der Waals surface area contributed by atoms with Crippen LogP contribution >= 0.6 is 0 Å². The van der Waals surface area contributed by atoms with Crippen LogP contribution in [0.2, 0.25) is 0 Å². The van der Waals surface area contributed by atoms with Crippen LogP contribution in [0.4, 0.5) is 15.8 Å². The number of benzene rings is 2. The molecule has 0 saturated heterocycles. The second-order valence-corrected chi connectivity index (χ2v) is 12.2. The van der Waals surface area contributed by atoms with E-state index >= 15 is 0 Å². The highest BCUT2D eigenvalue weighted by Gasteiger charge is 2.23. The number of halogens is 1. The fraction of sp³-hybridized carbons (Fsp3) is 0.333. The van der Waals surface area contributed by atoms with Gasteiger partial charge in [0.1, 0.15) is 21.2 Å². The van der Waals surface area contributed by atoms with Gasteiger partial charge in [0.15, 0.2) is 0 Å². The molecule has 0 radical (unpaired) electrons. The molecule has 1 saturated carbocycles. The summed E-state index contributed by atoms with van der Waals surface area (Å²) in [5, 5.41) is 13.7. The number of nitrogens with one attached hydrogen (secondary N) is 2. The highest BCUT2D eigenvalue weighted by atomic mass is 32.2. The van der Waals surface area contributed by atoms with E-state index in [1.807, 2.05) is 31.2 Å². The van der Waals surface area contributed by atoms with Crippen LogP contribution in [0.5, 0.6) is 11.6 Å². The molecule has 0 spiro atoms. The van der Waals surface area contributed by atoms with Crippen molar-refractivity contribution < 1.29 is 23.2 Å². The molecule has 4 aromatic rings. The van der Waals surface area contributed by atoms with Gasteiger partial charge in [-0.2, -0.15) is 9.37 Å². The first kappa shape index (κ1) is 28.7. The molecule has 0 aliphatic heterocycles. The number of aliphatic hydroxyl groups excluding tert-OH is 1. The Kier molecular flexibility index (Phi) is 8.67. The zero-order chi connectivity index (χ0) is 29.0. The number of fused-ring (bicyclic) bond motifs is 1. The summed E-state index contributed by atoms with van der Waals surface area (Å²) in [5.41, 5.74) is 2.68. The Labute approximate surface area is 239 Å². The maximum Gasteiger partial charge on any atom is 0.243 e. The molecule has 1 aliphatic carbocycles. The maximum absolute atomic E-state index is 14.4. The largest absolute Gasteiger partial charge is 0.497 e. The summed E-state index contributed by atoms with van der Waals surface area (Å²) in [4.78, 5) is 8.77. The van der Waals surface area contributed by atoms with E-state index in [1.54, 1.807) is 50.6 Å². The van der Waals surface area contributed by atoms with Crippen LogP contribution in [-0.4, -0.2) is 45.6 Å². The predicted molar refractivity (Wildman–Crippen MR) is 157 cm³/mol. The number of anilines is 2. The van der Waals surface area contributed by atoms with Crippen LogP contribution in [0, 0.1) is 11.9 Å². The van der Waals surface area contributed by atoms with Gasteiger partial charge < -0.3 is 19.9 Å². The van der Waals surface area contributed by atoms with Gasteiger partial charge in [0.25, 0.3) is 0 Å². The van der Waals surface area contributed by atoms with E-state index in [0.29, 0.717) is 39.7 Å². The van der Waals surface area contributed by atoms with Gasteiger partial charge >= 0.3 is 0 Å². The number of hydrogen-bond donors (Lipinski definition) is 3. The van der Waals surface area contributed by atoms with Crippen molar-refractivity contribution in [3.8, 4) is 11.6 Å². The van der Waals surface area contributed by atoms with Gasteiger partial charge in [-0.25, -0.2) is 13.3 Å². The van der Waals surface area contributed by atoms with Gasteiger partial charge in [0.05, 0.1) is 30.8 Å². The third kappa shape index (κ3) is 7.10. The van der Waals surface area contributed by atoms with E-state index in [1.165, 1.54) is 6.07 Å². The second-order valence-electron chi connectivity index (χ2n) is 10.2. The number of nitrogens with zero attached hydrogens (tertiary/aromatic N) is 3. The van der Waals surface area contributed by atoms with E-state index in [9.17, 15) is 13.7 Å². The fourth-order valence-corrected chi connectivity index (χ4v) is 6.14. The van der Waals surface area contributed by atoms with Crippen LogP contribution in [-0.2, 0) is 9.92 Å². The van der Waals surface area contributed by atoms with E-state index in [2.05, 4.69) is 24.4 Å². The van der Waals surface area contributed by atoms with E-state index in [0.717, 1.165) is 24.2 Å². The van der Waals surface area contributed by atoms with Crippen molar-refractivity contribution >= 4 is 32.2 Å². The molecule has 5 rings (SSSR count). The van der Waals surface area contributed by atoms with Crippen LogP contribution in [0.25, 0.3) is 10.9 Å². The normalized spacial score (nSPS) is 16.0. The molecule has 9 nitrogen and oxygen atoms in total. The standard InChI is InChI=1S/C30H34FN5O4S/c1-19(37)17-33-41(38,36-20(2)22-6-10-24(39-3)11-7-22)25-12-8-23(9-13-25)34-27-14-15-32-29-26(27)16-28(31)35-30(29)40-18-21-4-5-21/h6-16,19-21,37H,4-5,17-18H2,1-3H3,(H,32,34)(H,33,36,38)/t19-,20-,41+/m1/s1. The van der Waals surface area contributed by atoms with E-state index < -0.39 is 28.0 Å². The first-order valence-corrected chi connectivity index (χ1v) is 15.0. The molecule has 11 heteroatoms. The van der Waals surface area contributed by atoms with Gasteiger partial charge in [-0.3, -0.25) is 4.98 Å². The lowest BCUT2D eigenvalue weighted by atomic mass is 10.1. The molecule has 216 valence electrons. The number of ether oxygens (including phenoxy) is 2. The summed E-state index contributed by atoms with van der Waals surface area (Å²) in [5.74, 6) is 0.750. The fourth-order valence-electron chi connectivity index (χ4n) is 4.24. The third-order valence-corrected chi connectivity index (χ3v) is 8.83. The van der Waals surface area contributed by atoms with Gasteiger partial charge in [0, 0.05) is 35.6 Å². The first-order valence-electron chi connectivity index (χ1n) is 13.5. The summed E-state index contributed by atoms with van der Waals surface area (Å²) >= 11 is 0. The van der Waals surface area contributed by atoms with Crippen LogP contribution in [0.15, 0.2) is 76.1 Å². The number of hydrogen-bond acceptors (Lipinski definition) is 8. The van der Waals surface area contributed by atoms with Crippen molar-refractivity contribution in [2.75, 3.05) is 25.6 Å². The molecular weight excluding hydrogens is 545 g/mol. The van der Waals surface area contributed by atoms with Crippen LogP contribution in [0.1, 0.15) is 38.3 Å². The molecule has 0 amide bonds. The molecule has 3 atom stereocenters. The van der Waals surface area contributed by atoms with Crippen molar-refractivity contribution in [1.29, 1.82) is 0 Å². The second kappa shape index (κ2) is 12.4. The van der Waals surface area contributed by atoms with Crippen LogP contribution in [0.3, 0.4) is 0 Å². The maximum atomic E-state index is 14.4. The summed E-state index contributed by atoms with van der Waals surface area (Å²) < 4.78 is 47.2. The van der Waals surface area contributed by atoms with Crippen LogP contribution < -0.4 is 19.5 Å². The van der Waals surface area contributed by atoms with Gasteiger partial charge in [-0.1, -0.05) is 12.1 Å². The number of rotatable bonds is 12. The minimum Gasteiger partial charge on any atom is -0.497 e. The lowest BCUT2D eigenvalue weighted by Crippen LogP contribution is -2.31. The Bertz CT molecular complexity index is 1620. The zero-order valence-corrected chi connectivity index (χ0v) is 24.0. The average Bonchev–Trinajstić information content (AvgIpc) is 3.80. The SMILES string of the molecule is COc1ccc([C@@H](C)N=[S@@](=O)(NC[C@@H](C)O)c2ccc(Nc3ccnc4c(OCC5CC5)nc(F)cc34)cc2)cc1. The lowest BCUT2D eigenvalue weighted by Gasteiger charge is -2.17. The summed E-state index contributed by atoms with van der Waals surface area (Å²) in [7, 11) is -1.50. The first-order chi connectivity index (χ1) is 19.7. The number of methoxy groups -OCH3 is 1. The molecule has 0 unspecified atom stereocenters. The van der Waals surface area contributed by atoms with Crippen molar-refractivity contribution in [3.05, 3.63) is 78.4 Å². The molecule has 2 aromatic heterocycles. The zero-order valence-electron chi connectivity index (χ0n) is 23.2. The Balaban J connectivity index is 1.41. The van der Waals surface area contributed by atoms with Crippen molar-refractivity contribution in [2.24, 2.45) is 10.3 Å². The Morgan fingerprint density at radius 2 is 1.85 bits per heavy atom.